The van der Waals surface area contributed by atoms with E-state index in [4.69, 9.17) is 0 Å². The summed E-state index contributed by atoms with van der Waals surface area (Å²) in [7, 11) is 0. The minimum Gasteiger partial charge on any atom is -0.247 e. The van der Waals surface area contributed by atoms with Gasteiger partial charge in [-0.1, -0.05) is 20.8 Å². The Balaban J connectivity index is 0.000000291. The SMILES string of the molecule is CC.CC1CCC(F)C1. The zero-order valence-electron chi connectivity index (χ0n) is 6.65. The molecule has 0 nitrogen and oxygen atoms in total. The average Bonchev–Trinajstić information content (AvgIpc) is 2.20. The molecule has 0 bridgehead atoms. The second-order valence-corrected chi connectivity index (χ2v) is 2.52. The number of alkyl halides is 1. The van der Waals surface area contributed by atoms with Gasteiger partial charge in [-0.15, -0.1) is 0 Å². The van der Waals surface area contributed by atoms with E-state index in [0.717, 1.165) is 19.3 Å². The molecule has 0 aromatic rings. The summed E-state index contributed by atoms with van der Waals surface area (Å²) in [4.78, 5) is 0. The van der Waals surface area contributed by atoms with Gasteiger partial charge < -0.3 is 0 Å². The standard InChI is InChI=1S/C6H11F.C2H6/c1-5-2-3-6(7)4-5;1-2/h5-6H,2-4H2,1H3;1-2H3. The van der Waals surface area contributed by atoms with Crippen LogP contribution in [0.1, 0.15) is 40.0 Å². The second kappa shape index (κ2) is 4.78. The van der Waals surface area contributed by atoms with E-state index >= 15 is 0 Å². The van der Waals surface area contributed by atoms with Crippen molar-refractivity contribution in [1.29, 1.82) is 0 Å². The molecular weight excluding hydrogens is 115 g/mol. The van der Waals surface area contributed by atoms with Crippen molar-refractivity contribution in [1.82, 2.24) is 0 Å². The molecule has 1 aliphatic rings. The molecule has 1 aliphatic carbocycles. The van der Waals surface area contributed by atoms with Crippen LogP contribution >= 0.6 is 0 Å². The molecule has 0 radical (unpaired) electrons. The van der Waals surface area contributed by atoms with E-state index in [0.29, 0.717) is 5.92 Å². The van der Waals surface area contributed by atoms with Gasteiger partial charge in [-0.2, -0.15) is 0 Å². The van der Waals surface area contributed by atoms with Gasteiger partial charge >= 0.3 is 0 Å². The molecule has 9 heavy (non-hydrogen) atoms. The summed E-state index contributed by atoms with van der Waals surface area (Å²) in [6, 6.07) is 0. The Morgan fingerprint density at radius 2 is 1.78 bits per heavy atom. The molecule has 0 amide bonds. The van der Waals surface area contributed by atoms with Gasteiger partial charge in [0, 0.05) is 0 Å². The van der Waals surface area contributed by atoms with Gasteiger partial charge in [0.2, 0.25) is 0 Å². The quantitative estimate of drug-likeness (QED) is 0.475. The summed E-state index contributed by atoms with van der Waals surface area (Å²) < 4.78 is 12.2. The number of hydrogen-bond donors (Lipinski definition) is 0. The predicted molar refractivity (Wildman–Crippen MR) is 39.3 cm³/mol. The fourth-order valence-electron chi connectivity index (χ4n) is 1.14. The fraction of sp³-hybridized carbons (Fsp3) is 1.00. The highest BCUT2D eigenvalue weighted by atomic mass is 19.1. The largest absolute Gasteiger partial charge is 0.247 e. The zero-order chi connectivity index (χ0) is 7.28. The molecule has 0 aromatic carbocycles. The molecule has 0 aliphatic heterocycles. The van der Waals surface area contributed by atoms with Gasteiger partial charge in [0.15, 0.2) is 0 Å². The third kappa shape index (κ3) is 3.50. The van der Waals surface area contributed by atoms with Crippen LogP contribution in [0.3, 0.4) is 0 Å². The maximum Gasteiger partial charge on any atom is 0.100 e. The first-order valence-corrected chi connectivity index (χ1v) is 3.93. The molecule has 0 aromatic heterocycles. The molecule has 1 heteroatoms. The minimum absolute atomic E-state index is 0.477. The number of halogens is 1. The van der Waals surface area contributed by atoms with E-state index in [1.54, 1.807) is 0 Å². The van der Waals surface area contributed by atoms with Gasteiger partial charge in [0.05, 0.1) is 0 Å². The van der Waals surface area contributed by atoms with Gasteiger partial charge in [-0.3, -0.25) is 0 Å². The molecule has 0 heterocycles. The van der Waals surface area contributed by atoms with Crippen LogP contribution in [0.4, 0.5) is 4.39 Å². The Morgan fingerprint density at radius 1 is 1.22 bits per heavy atom. The van der Waals surface area contributed by atoms with Crippen LogP contribution in [0.25, 0.3) is 0 Å². The third-order valence-electron chi connectivity index (χ3n) is 1.63. The van der Waals surface area contributed by atoms with E-state index in [1.165, 1.54) is 0 Å². The van der Waals surface area contributed by atoms with Crippen molar-refractivity contribution in [3.63, 3.8) is 0 Å². The van der Waals surface area contributed by atoms with Crippen LogP contribution in [-0.2, 0) is 0 Å². The molecule has 0 N–H and O–H groups in total. The van der Waals surface area contributed by atoms with E-state index in [2.05, 4.69) is 6.92 Å². The molecule has 2 unspecified atom stereocenters. The first-order valence-electron chi connectivity index (χ1n) is 3.93. The first-order chi connectivity index (χ1) is 4.29. The Hall–Kier alpha value is -0.0700. The summed E-state index contributed by atoms with van der Waals surface area (Å²) in [6.45, 7) is 6.11. The number of hydrogen-bond acceptors (Lipinski definition) is 0. The molecular formula is C8H17F. The molecule has 0 saturated heterocycles. The van der Waals surface area contributed by atoms with E-state index in [-0.39, 0.29) is 0 Å². The molecule has 1 saturated carbocycles. The van der Waals surface area contributed by atoms with Crippen molar-refractivity contribution in [2.24, 2.45) is 5.92 Å². The average molecular weight is 132 g/mol. The normalized spacial score (nSPS) is 33.3. The van der Waals surface area contributed by atoms with Crippen LogP contribution in [0.2, 0.25) is 0 Å². The minimum atomic E-state index is -0.477. The first kappa shape index (κ1) is 8.93. The van der Waals surface area contributed by atoms with Gasteiger partial charge in [-0.05, 0) is 25.2 Å². The van der Waals surface area contributed by atoms with Crippen LogP contribution in [0.5, 0.6) is 0 Å². The molecule has 2 atom stereocenters. The molecule has 56 valence electrons. The maximum atomic E-state index is 12.2. The highest BCUT2D eigenvalue weighted by molar-refractivity contribution is 4.70. The summed E-state index contributed by atoms with van der Waals surface area (Å²) in [5, 5.41) is 0. The third-order valence-corrected chi connectivity index (χ3v) is 1.63. The highest BCUT2D eigenvalue weighted by Gasteiger charge is 2.19. The monoisotopic (exact) mass is 132 g/mol. The molecule has 1 rings (SSSR count). The molecule has 1 fully saturated rings. The molecule has 0 spiro atoms. The van der Waals surface area contributed by atoms with Gasteiger partial charge in [0.1, 0.15) is 6.17 Å². The maximum absolute atomic E-state index is 12.2. The van der Waals surface area contributed by atoms with Crippen LogP contribution in [0, 0.1) is 5.92 Å². The van der Waals surface area contributed by atoms with Crippen LogP contribution in [0.15, 0.2) is 0 Å². The lowest BCUT2D eigenvalue weighted by molar-refractivity contribution is 0.334. The van der Waals surface area contributed by atoms with Crippen molar-refractivity contribution >= 4 is 0 Å². The van der Waals surface area contributed by atoms with Crippen LogP contribution < -0.4 is 0 Å². The van der Waals surface area contributed by atoms with Crippen molar-refractivity contribution in [2.45, 2.75) is 46.2 Å². The lowest BCUT2D eigenvalue weighted by Gasteiger charge is -1.93. The summed E-state index contributed by atoms with van der Waals surface area (Å²) in [5.74, 6) is 0.648. The Morgan fingerprint density at radius 3 is 1.89 bits per heavy atom. The second-order valence-electron chi connectivity index (χ2n) is 2.52. The Labute approximate surface area is 57.5 Å². The fourth-order valence-corrected chi connectivity index (χ4v) is 1.14. The number of rotatable bonds is 0. The predicted octanol–water partition coefficient (Wildman–Crippen LogP) is 3.17. The van der Waals surface area contributed by atoms with E-state index in [1.807, 2.05) is 13.8 Å². The summed E-state index contributed by atoms with van der Waals surface area (Å²) in [5.41, 5.74) is 0. The highest BCUT2D eigenvalue weighted by Crippen LogP contribution is 2.26. The topological polar surface area (TPSA) is 0 Å². The van der Waals surface area contributed by atoms with Gasteiger partial charge in [-0.25, -0.2) is 4.39 Å². The van der Waals surface area contributed by atoms with Crippen molar-refractivity contribution < 1.29 is 4.39 Å². The Kier molecular flexibility index (Phi) is 4.74. The van der Waals surface area contributed by atoms with Crippen molar-refractivity contribution in [3.05, 3.63) is 0 Å². The van der Waals surface area contributed by atoms with Crippen LogP contribution in [-0.4, -0.2) is 6.17 Å². The lowest BCUT2D eigenvalue weighted by atomic mass is 10.1. The Bertz CT molecular complexity index is 53.6. The summed E-state index contributed by atoms with van der Waals surface area (Å²) in [6.07, 6.45) is 2.23. The smallest absolute Gasteiger partial charge is 0.100 e. The van der Waals surface area contributed by atoms with Crippen molar-refractivity contribution in [3.8, 4) is 0 Å². The zero-order valence-corrected chi connectivity index (χ0v) is 6.65. The van der Waals surface area contributed by atoms with Gasteiger partial charge in [0.25, 0.3) is 0 Å². The van der Waals surface area contributed by atoms with E-state index < -0.39 is 6.17 Å². The van der Waals surface area contributed by atoms with E-state index in [9.17, 15) is 4.39 Å². The lowest BCUT2D eigenvalue weighted by Crippen LogP contribution is -1.89. The van der Waals surface area contributed by atoms with Crippen molar-refractivity contribution in [2.75, 3.05) is 0 Å². The summed E-state index contributed by atoms with van der Waals surface area (Å²) >= 11 is 0.